The number of alkyl halides is 3. The Balaban J connectivity index is 0.000000479. The van der Waals surface area contributed by atoms with E-state index in [1.165, 1.54) is 11.8 Å². The molecule has 0 fully saturated rings. The van der Waals surface area contributed by atoms with Gasteiger partial charge in [0.05, 0.1) is 10.8 Å². The molecule has 1 atom stereocenters. The molecule has 1 amide bonds. The Morgan fingerprint density at radius 1 is 1.33 bits per heavy atom. The lowest BCUT2D eigenvalue weighted by Gasteiger charge is -2.13. The number of aliphatic carboxylic acids is 1. The minimum Gasteiger partial charge on any atom is -0.475 e. The van der Waals surface area contributed by atoms with E-state index in [4.69, 9.17) is 27.2 Å². The lowest BCUT2D eigenvalue weighted by Crippen LogP contribution is -2.23. The van der Waals surface area contributed by atoms with Gasteiger partial charge in [-0.3, -0.25) is 14.5 Å². The van der Waals surface area contributed by atoms with Crippen LogP contribution in [0.4, 0.5) is 19.0 Å². The highest BCUT2D eigenvalue weighted by atomic mass is 35.5. The molecule has 0 bridgehead atoms. The summed E-state index contributed by atoms with van der Waals surface area (Å²) in [4.78, 5) is 26.8. The number of carbonyl (C=O) groups excluding carboxylic acids is 1. The van der Waals surface area contributed by atoms with Crippen molar-refractivity contribution < 1.29 is 27.9 Å². The van der Waals surface area contributed by atoms with Gasteiger partial charge >= 0.3 is 12.1 Å². The third kappa shape index (κ3) is 6.83. The molecule has 8 nitrogen and oxygen atoms in total. The summed E-state index contributed by atoms with van der Waals surface area (Å²) >= 11 is 7.50. The van der Waals surface area contributed by atoms with Gasteiger partial charge < -0.3 is 16.2 Å². The number of pyridine rings is 1. The number of carboxylic acid groups (broad SMARTS) is 1. The number of nitrogens with one attached hydrogen (secondary N) is 1. The number of carboxylic acids is 1. The third-order valence-corrected chi connectivity index (χ3v) is 5.90. The van der Waals surface area contributed by atoms with E-state index in [2.05, 4.69) is 15.4 Å². The first-order valence-electron chi connectivity index (χ1n) is 9.39. The van der Waals surface area contributed by atoms with Gasteiger partial charge in [-0.1, -0.05) is 17.7 Å². The SMILES string of the molecule is Cc1c(CN)c(NC(=O)C(C)Sc2ccnc3cc(Cl)ccc23)nn1C.O=C(O)C(F)(F)F. The van der Waals surface area contributed by atoms with Gasteiger partial charge in [0, 0.05) is 46.4 Å². The van der Waals surface area contributed by atoms with Crippen LogP contribution >= 0.6 is 23.4 Å². The van der Waals surface area contributed by atoms with Crippen molar-refractivity contribution in [2.45, 2.75) is 36.7 Å². The molecule has 0 radical (unpaired) electrons. The van der Waals surface area contributed by atoms with E-state index in [-0.39, 0.29) is 11.2 Å². The Hall–Kier alpha value is -2.83. The molecule has 2 heterocycles. The second-order valence-electron chi connectivity index (χ2n) is 6.76. The predicted molar refractivity (Wildman–Crippen MR) is 120 cm³/mol. The van der Waals surface area contributed by atoms with Crippen molar-refractivity contribution in [2.24, 2.45) is 12.8 Å². The number of amides is 1. The summed E-state index contributed by atoms with van der Waals surface area (Å²) in [6.45, 7) is 4.12. The Kier molecular flexibility index (Phi) is 8.69. The lowest BCUT2D eigenvalue weighted by molar-refractivity contribution is -0.192. The van der Waals surface area contributed by atoms with E-state index in [0.29, 0.717) is 17.4 Å². The molecule has 0 aliphatic heterocycles. The van der Waals surface area contributed by atoms with E-state index >= 15 is 0 Å². The summed E-state index contributed by atoms with van der Waals surface area (Å²) in [6.07, 6.45) is -3.36. The van der Waals surface area contributed by atoms with Gasteiger partial charge in [-0.15, -0.1) is 11.8 Å². The van der Waals surface area contributed by atoms with Crippen molar-refractivity contribution in [2.75, 3.05) is 5.32 Å². The van der Waals surface area contributed by atoms with Crippen LogP contribution in [0.2, 0.25) is 5.02 Å². The molecule has 0 saturated carbocycles. The highest BCUT2D eigenvalue weighted by Crippen LogP contribution is 2.31. The molecule has 4 N–H and O–H groups in total. The maximum Gasteiger partial charge on any atom is 0.490 e. The lowest BCUT2D eigenvalue weighted by atomic mass is 10.2. The number of nitrogens with two attached hydrogens (primary N) is 1. The van der Waals surface area contributed by atoms with Crippen LogP contribution < -0.4 is 11.1 Å². The number of rotatable bonds is 5. The number of hydrogen-bond donors (Lipinski definition) is 3. The molecule has 0 saturated heterocycles. The topological polar surface area (TPSA) is 123 Å². The molecular formula is C20H21ClF3N5O3S. The van der Waals surface area contributed by atoms with Crippen LogP contribution in [-0.4, -0.2) is 43.2 Å². The molecule has 3 aromatic rings. The van der Waals surface area contributed by atoms with Crippen LogP contribution in [0.1, 0.15) is 18.2 Å². The highest BCUT2D eigenvalue weighted by molar-refractivity contribution is 8.00. The van der Waals surface area contributed by atoms with Crippen LogP contribution in [-0.2, 0) is 23.2 Å². The number of nitrogens with zero attached hydrogens (tertiary/aromatic N) is 3. The van der Waals surface area contributed by atoms with Gasteiger partial charge in [-0.25, -0.2) is 4.79 Å². The zero-order valence-corrected chi connectivity index (χ0v) is 19.3. The first kappa shape index (κ1) is 26.4. The van der Waals surface area contributed by atoms with E-state index in [1.54, 1.807) is 10.9 Å². The van der Waals surface area contributed by atoms with Crippen molar-refractivity contribution in [1.82, 2.24) is 14.8 Å². The van der Waals surface area contributed by atoms with Crippen molar-refractivity contribution in [3.05, 3.63) is 46.7 Å². The van der Waals surface area contributed by atoms with E-state index in [0.717, 1.165) is 27.1 Å². The molecule has 2 aromatic heterocycles. The van der Waals surface area contributed by atoms with E-state index in [9.17, 15) is 18.0 Å². The molecule has 0 aliphatic rings. The van der Waals surface area contributed by atoms with E-state index < -0.39 is 12.1 Å². The van der Waals surface area contributed by atoms with Crippen molar-refractivity contribution in [1.29, 1.82) is 0 Å². The van der Waals surface area contributed by atoms with Crippen molar-refractivity contribution in [3.63, 3.8) is 0 Å². The number of thioether (sulfide) groups is 1. The number of benzene rings is 1. The Morgan fingerprint density at radius 3 is 2.55 bits per heavy atom. The molecule has 13 heteroatoms. The fourth-order valence-electron chi connectivity index (χ4n) is 2.66. The second-order valence-corrected chi connectivity index (χ2v) is 8.58. The zero-order valence-electron chi connectivity index (χ0n) is 17.8. The molecule has 178 valence electrons. The maximum absolute atomic E-state index is 12.6. The van der Waals surface area contributed by atoms with Crippen LogP contribution in [0.25, 0.3) is 10.9 Å². The quantitative estimate of drug-likeness (QED) is 0.447. The predicted octanol–water partition coefficient (Wildman–Crippen LogP) is 4.14. The first-order valence-corrected chi connectivity index (χ1v) is 10.6. The number of carbonyl (C=O) groups is 2. The Bertz CT molecular complexity index is 1170. The molecule has 33 heavy (non-hydrogen) atoms. The van der Waals surface area contributed by atoms with Gasteiger partial charge in [-0.05, 0) is 32.0 Å². The largest absolute Gasteiger partial charge is 0.490 e. The standard InChI is InChI=1S/C18H20ClN5OS.C2HF3O2/c1-10-14(9-20)17(23-24(10)3)22-18(25)11(2)26-16-6-7-21-15-8-12(19)4-5-13(15)16;3-2(4,5)1(6)7/h4-8,11H,9,20H2,1-3H3,(H,22,23,25);(H,6,7). The first-order chi connectivity index (χ1) is 15.3. The minimum atomic E-state index is -5.08. The average Bonchev–Trinajstić information content (AvgIpc) is 3.00. The zero-order chi connectivity index (χ0) is 24.9. The number of aromatic nitrogens is 3. The summed E-state index contributed by atoms with van der Waals surface area (Å²) in [5.41, 5.74) is 8.39. The number of anilines is 1. The van der Waals surface area contributed by atoms with Crippen LogP contribution in [0.3, 0.4) is 0 Å². The number of aryl methyl sites for hydroxylation is 1. The van der Waals surface area contributed by atoms with Crippen LogP contribution in [0.15, 0.2) is 35.4 Å². The maximum atomic E-state index is 12.6. The van der Waals surface area contributed by atoms with Crippen LogP contribution in [0, 0.1) is 6.92 Å². The Labute approximate surface area is 196 Å². The fourth-order valence-corrected chi connectivity index (χ4v) is 3.81. The summed E-state index contributed by atoms with van der Waals surface area (Å²) in [5, 5.41) is 15.6. The molecule has 1 aromatic carbocycles. The van der Waals surface area contributed by atoms with Crippen molar-refractivity contribution in [3.8, 4) is 0 Å². The smallest absolute Gasteiger partial charge is 0.475 e. The summed E-state index contributed by atoms with van der Waals surface area (Å²) in [7, 11) is 1.83. The number of halogens is 4. The van der Waals surface area contributed by atoms with Gasteiger partial charge in [-0.2, -0.15) is 18.3 Å². The van der Waals surface area contributed by atoms with Gasteiger partial charge in [0.25, 0.3) is 0 Å². The second kappa shape index (κ2) is 10.9. The third-order valence-electron chi connectivity index (χ3n) is 4.48. The molecule has 0 spiro atoms. The number of hydrogen-bond acceptors (Lipinski definition) is 6. The van der Waals surface area contributed by atoms with Gasteiger partial charge in [0.15, 0.2) is 5.82 Å². The summed E-state index contributed by atoms with van der Waals surface area (Å²) in [5.74, 6) is -2.36. The Morgan fingerprint density at radius 2 is 1.97 bits per heavy atom. The highest BCUT2D eigenvalue weighted by Gasteiger charge is 2.38. The average molecular weight is 504 g/mol. The minimum absolute atomic E-state index is 0.123. The molecule has 3 rings (SSSR count). The number of fused-ring (bicyclic) bond motifs is 1. The summed E-state index contributed by atoms with van der Waals surface area (Å²) in [6, 6.07) is 7.47. The normalized spacial score (nSPS) is 12.1. The van der Waals surface area contributed by atoms with Crippen LogP contribution in [0.5, 0.6) is 0 Å². The van der Waals surface area contributed by atoms with Gasteiger partial charge in [0.2, 0.25) is 5.91 Å². The fraction of sp³-hybridized carbons (Fsp3) is 0.300. The van der Waals surface area contributed by atoms with Crippen molar-refractivity contribution >= 4 is 52.0 Å². The molecule has 1 unspecified atom stereocenters. The van der Waals surface area contributed by atoms with Gasteiger partial charge in [0.1, 0.15) is 0 Å². The van der Waals surface area contributed by atoms with E-state index in [1.807, 2.05) is 45.2 Å². The monoisotopic (exact) mass is 503 g/mol. The molecule has 0 aliphatic carbocycles. The summed E-state index contributed by atoms with van der Waals surface area (Å²) < 4.78 is 33.5. The molecular weight excluding hydrogens is 483 g/mol.